The van der Waals surface area contributed by atoms with Crippen LogP contribution in [0.1, 0.15) is 12.8 Å². The number of amides is 2. The second kappa shape index (κ2) is 8.98. The first-order chi connectivity index (χ1) is 9.58. The van der Waals surface area contributed by atoms with Gasteiger partial charge in [-0.3, -0.25) is 4.79 Å². The summed E-state index contributed by atoms with van der Waals surface area (Å²) in [5.74, 6) is -0.450. The molecule has 20 heavy (non-hydrogen) atoms. The van der Waals surface area contributed by atoms with Crippen molar-refractivity contribution in [1.82, 2.24) is 15.6 Å². The van der Waals surface area contributed by atoms with Crippen LogP contribution >= 0.6 is 11.6 Å². The molecule has 0 aliphatic heterocycles. The van der Waals surface area contributed by atoms with Crippen LogP contribution in [0.25, 0.3) is 0 Å². The summed E-state index contributed by atoms with van der Waals surface area (Å²) in [7, 11) is 0. The van der Waals surface area contributed by atoms with Gasteiger partial charge in [0.05, 0.1) is 11.6 Å². The molecule has 0 fully saturated rings. The lowest BCUT2D eigenvalue weighted by Gasteiger charge is -2.08. The van der Waals surface area contributed by atoms with E-state index in [1.165, 1.54) is 6.20 Å². The monoisotopic (exact) mass is 301 g/mol. The molecule has 0 radical (unpaired) electrons. The molecule has 1 rings (SSSR count). The SMILES string of the molecule is O=C(O)CCCNC(=O)NCCOc1ccc(Cl)cn1. The molecule has 0 spiro atoms. The molecule has 0 aliphatic carbocycles. The number of halogens is 1. The van der Waals surface area contributed by atoms with Gasteiger partial charge < -0.3 is 20.5 Å². The minimum Gasteiger partial charge on any atom is -0.481 e. The van der Waals surface area contributed by atoms with Gasteiger partial charge in [-0.15, -0.1) is 0 Å². The van der Waals surface area contributed by atoms with Crippen molar-refractivity contribution in [2.24, 2.45) is 0 Å². The topological polar surface area (TPSA) is 101 Å². The maximum Gasteiger partial charge on any atom is 0.314 e. The Morgan fingerprint density at radius 3 is 2.70 bits per heavy atom. The van der Waals surface area contributed by atoms with Gasteiger partial charge in [0.15, 0.2) is 0 Å². The number of ether oxygens (including phenoxy) is 1. The van der Waals surface area contributed by atoms with E-state index in [9.17, 15) is 9.59 Å². The number of pyridine rings is 1. The Bertz CT molecular complexity index is 439. The van der Waals surface area contributed by atoms with Crippen LogP contribution in [0.15, 0.2) is 18.3 Å². The number of carbonyl (C=O) groups is 2. The van der Waals surface area contributed by atoms with Crippen molar-refractivity contribution in [1.29, 1.82) is 0 Å². The molecule has 3 N–H and O–H groups in total. The normalized spacial score (nSPS) is 9.85. The predicted octanol–water partition coefficient (Wildman–Crippen LogP) is 1.28. The van der Waals surface area contributed by atoms with Crippen LogP contribution in [-0.2, 0) is 4.79 Å². The van der Waals surface area contributed by atoms with Gasteiger partial charge in [-0.2, -0.15) is 0 Å². The third-order valence-electron chi connectivity index (χ3n) is 2.19. The van der Waals surface area contributed by atoms with Crippen molar-refractivity contribution in [3.05, 3.63) is 23.4 Å². The highest BCUT2D eigenvalue weighted by molar-refractivity contribution is 6.30. The Morgan fingerprint density at radius 2 is 2.05 bits per heavy atom. The average Bonchev–Trinajstić information content (AvgIpc) is 2.41. The van der Waals surface area contributed by atoms with E-state index in [1.807, 2.05) is 0 Å². The summed E-state index contributed by atoms with van der Waals surface area (Å²) in [5, 5.41) is 14.1. The van der Waals surface area contributed by atoms with Gasteiger partial charge in [0.25, 0.3) is 0 Å². The zero-order valence-electron chi connectivity index (χ0n) is 10.8. The number of urea groups is 1. The number of nitrogens with zero attached hydrogens (tertiary/aromatic N) is 1. The van der Waals surface area contributed by atoms with Crippen LogP contribution in [0.5, 0.6) is 5.88 Å². The Balaban J connectivity index is 2.04. The van der Waals surface area contributed by atoms with Crippen LogP contribution in [0.2, 0.25) is 5.02 Å². The van der Waals surface area contributed by atoms with E-state index in [4.69, 9.17) is 21.4 Å². The molecule has 1 heterocycles. The number of nitrogens with one attached hydrogen (secondary N) is 2. The quantitative estimate of drug-likeness (QED) is 0.628. The molecule has 110 valence electrons. The molecule has 1 aromatic rings. The summed E-state index contributed by atoms with van der Waals surface area (Å²) < 4.78 is 5.28. The number of carboxylic acid groups (broad SMARTS) is 1. The highest BCUT2D eigenvalue weighted by Crippen LogP contribution is 2.10. The fourth-order valence-corrected chi connectivity index (χ4v) is 1.38. The van der Waals surface area contributed by atoms with Gasteiger partial charge in [0.1, 0.15) is 6.61 Å². The lowest BCUT2D eigenvalue weighted by Crippen LogP contribution is -2.38. The van der Waals surface area contributed by atoms with Gasteiger partial charge in [0, 0.05) is 25.2 Å². The van der Waals surface area contributed by atoms with Gasteiger partial charge in [-0.1, -0.05) is 11.6 Å². The molecule has 0 unspecified atom stereocenters. The number of hydrogen-bond donors (Lipinski definition) is 3. The molecule has 8 heteroatoms. The third-order valence-corrected chi connectivity index (χ3v) is 2.41. The summed E-state index contributed by atoms with van der Waals surface area (Å²) in [4.78, 5) is 25.5. The molecule has 0 aromatic carbocycles. The average molecular weight is 302 g/mol. The molecule has 0 saturated heterocycles. The number of carbonyl (C=O) groups excluding carboxylic acids is 1. The van der Waals surface area contributed by atoms with Gasteiger partial charge in [-0.05, 0) is 12.5 Å². The Labute approximate surface area is 121 Å². The van der Waals surface area contributed by atoms with Crippen molar-refractivity contribution < 1.29 is 19.4 Å². The maximum atomic E-state index is 11.3. The van der Waals surface area contributed by atoms with Crippen LogP contribution in [-0.4, -0.2) is 41.8 Å². The van der Waals surface area contributed by atoms with Crippen molar-refractivity contribution in [2.75, 3.05) is 19.7 Å². The van der Waals surface area contributed by atoms with E-state index < -0.39 is 5.97 Å². The van der Waals surface area contributed by atoms with Crippen LogP contribution in [0, 0.1) is 0 Å². The third kappa shape index (κ3) is 7.42. The zero-order chi connectivity index (χ0) is 14.8. The fraction of sp³-hybridized carbons (Fsp3) is 0.417. The van der Waals surface area contributed by atoms with Crippen LogP contribution < -0.4 is 15.4 Å². The molecule has 7 nitrogen and oxygen atoms in total. The predicted molar refractivity (Wildman–Crippen MR) is 73.0 cm³/mol. The number of hydrogen-bond acceptors (Lipinski definition) is 4. The van der Waals surface area contributed by atoms with E-state index in [1.54, 1.807) is 12.1 Å². The lowest BCUT2D eigenvalue weighted by atomic mass is 10.3. The van der Waals surface area contributed by atoms with Crippen molar-refractivity contribution in [3.8, 4) is 5.88 Å². The Morgan fingerprint density at radius 1 is 1.30 bits per heavy atom. The summed E-state index contributed by atoms with van der Waals surface area (Å²) in [6.45, 7) is 0.907. The highest BCUT2D eigenvalue weighted by Gasteiger charge is 2.01. The number of aromatic nitrogens is 1. The van der Waals surface area contributed by atoms with E-state index in [-0.39, 0.29) is 19.1 Å². The number of rotatable bonds is 8. The minimum absolute atomic E-state index is 0.0334. The molecule has 0 saturated carbocycles. The standard InChI is InChI=1S/C12H16ClN3O4/c13-9-3-4-10(16-8-9)20-7-6-15-12(19)14-5-1-2-11(17)18/h3-4,8H,1-2,5-7H2,(H,17,18)(H2,14,15,19). The van der Waals surface area contributed by atoms with Crippen molar-refractivity contribution in [2.45, 2.75) is 12.8 Å². The molecule has 0 atom stereocenters. The molecular weight excluding hydrogens is 286 g/mol. The lowest BCUT2D eigenvalue weighted by molar-refractivity contribution is -0.137. The number of carboxylic acids is 1. The maximum absolute atomic E-state index is 11.3. The van der Waals surface area contributed by atoms with E-state index >= 15 is 0 Å². The first-order valence-electron chi connectivity index (χ1n) is 6.06. The Kier molecular flexibility index (Phi) is 7.20. The Hall–Kier alpha value is -2.02. The summed E-state index contributed by atoms with van der Waals surface area (Å²) in [6.07, 6.45) is 1.90. The molecule has 0 bridgehead atoms. The largest absolute Gasteiger partial charge is 0.481 e. The molecule has 2 amide bonds. The van der Waals surface area contributed by atoms with E-state index in [0.29, 0.717) is 30.4 Å². The molecule has 1 aromatic heterocycles. The van der Waals surface area contributed by atoms with Gasteiger partial charge >= 0.3 is 12.0 Å². The van der Waals surface area contributed by atoms with Crippen LogP contribution in [0.4, 0.5) is 4.79 Å². The smallest absolute Gasteiger partial charge is 0.314 e. The molecule has 0 aliphatic rings. The first-order valence-corrected chi connectivity index (χ1v) is 6.43. The zero-order valence-corrected chi connectivity index (χ0v) is 11.5. The van der Waals surface area contributed by atoms with Crippen molar-refractivity contribution in [3.63, 3.8) is 0 Å². The second-order valence-electron chi connectivity index (χ2n) is 3.84. The van der Waals surface area contributed by atoms with E-state index in [0.717, 1.165) is 0 Å². The van der Waals surface area contributed by atoms with Gasteiger partial charge in [-0.25, -0.2) is 9.78 Å². The minimum atomic E-state index is -0.879. The fourth-order valence-electron chi connectivity index (χ4n) is 1.27. The summed E-state index contributed by atoms with van der Waals surface area (Å²) in [6, 6.07) is 2.93. The number of aliphatic carboxylic acids is 1. The first kappa shape index (κ1) is 16.0. The highest BCUT2D eigenvalue weighted by atomic mass is 35.5. The van der Waals surface area contributed by atoms with E-state index in [2.05, 4.69) is 15.6 Å². The van der Waals surface area contributed by atoms with Crippen LogP contribution in [0.3, 0.4) is 0 Å². The van der Waals surface area contributed by atoms with Gasteiger partial charge in [0.2, 0.25) is 5.88 Å². The second-order valence-corrected chi connectivity index (χ2v) is 4.28. The van der Waals surface area contributed by atoms with Crippen molar-refractivity contribution >= 4 is 23.6 Å². The summed E-state index contributed by atoms with van der Waals surface area (Å²) >= 11 is 5.67. The summed E-state index contributed by atoms with van der Waals surface area (Å²) in [5.41, 5.74) is 0. The molecular formula is C12H16ClN3O4.